The minimum absolute atomic E-state index is 0.00521. The Morgan fingerprint density at radius 3 is 2.71 bits per heavy atom. The minimum atomic E-state index is -1.36. The predicted molar refractivity (Wildman–Crippen MR) is 93.6 cm³/mol. The van der Waals surface area contributed by atoms with Gasteiger partial charge in [0.05, 0.1) is 30.6 Å². The zero-order valence-electron chi connectivity index (χ0n) is 13.4. The number of carboxylic acids is 1. The molecule has 0 radical (unpaired) electrons. The number of carbonyl (C=O) groups excluding carboxylic acids is 2. The number of nitrogens with zero attached hydrogens (tertiary/aromatic N) is 1. The summed E-state index contributed by atoms with van der Waals surface area (Å²) in [6, 6.07) is 5.28. The molecule has 1 aromatic carbocycles. The summed E-state index contributed by atoms with van der Waals surface area (Å²) in [6.07, 6.45) is 1.64. The molecule has 0 aromatic heterocycles. The summed E-state index contributed by atoms with van der Waals surface area (Å²) >= 11 is 6.09. The van der Waals surface area contributed by atoms with Gasteiger partial charge >= 0.3 is 0 Å². The number of methoxy groups -OCH3 is 1. The normalized spacial score (nSPS) is 16.2. The van der Waals surface area contributed by atoms with Crippen molar-refractivity contribution >= 4 is 46.3 Å². The summed E-state index contributed by atoms with van der Waals surface area (Å²) in [4.78, 5) is 24.3. The van der Waals surface area contributed by atoms with Gasteiger partial charge in [0, 0.05) is 0 Å². The van der Waals surface area contributed by atoms with Gasteiger partial charge in [-0.1, -0.05) is 30.0 Å². The topological polar surface area (TPSA) is 78.9 Å². The molecule has 1 aliphatic rings. The molecule has 1 fully saturated rings. The second-order valence-corrected chi connectivity index (χ2v) is 6.89. The zero-order chi connectivity index (χ0) is 17.9. The lowest BCUT2D eigenvalue weighted by Crippen LogP contribution is -2.40. The van der Waals surface area contributed by atoms with E-state index in [9.17, 15) is 14.7 Å². The van der Waals surface area contributed by atoms with Gasteiger partial charge in [0.15, 0.2) is 11.5 Å². The van der Waals surface area contributed by atoms with Gasteiger partial charge in [-0.3, -0.25) is 9.69 Å². The lowest BCUT2D eigenvalue weighted by Gasteiger charge is -2.14. The van der Waals surface area contributed by atoms with E-state index in [1.54, 1.807) is 24.3 Å². The van der Waals surface area contributed by atoms with Gasteiger partial charge in [-0.05, 0) is 37.6 Å². The first kappa shape index (κ1) is 18.3. The van der Waals surface area contributed by atoms with Gasteiger partial charge in [-0.15, -0.1) is 0 Å². The molecule has 0 atom stereocenters. The van der Waals surface area contributed by atoms with Crippen LogP contribution in [-0.2, 0) is 9.59 Å². The number of benzene rings is 1. The van der Waals surface area contributed by atoms with Crippen molar-refractivity contribution in [2.45, 2.75) is 20.0 Å². The first-order chi connectivity index (χ1) is 11.3. The van der Waals surface area contributed by atoms with Crippen LogP contribution < -0.4 is 14.6 Å². The van der Waals surface area contributed by atoms with Crippen molar-refractivity contribution in [1.29, 1.82) is 0 Å². The number of hydrogen-bond donors (Lipinski definition) is 0. The molecular formula is C16H16NO5S2-. The van der Waals surface area contributed by atoms with E-state index in [0.717, 1.165) is 22.2 Å². The fourth-order valence-corrected chi connectivity index (χ4v) is 3.30. The Labute approximate surface area is 149 Å². The van der Waals surface area contributed by atoms with Crippen LogP contribution in [0.1, 0.15) is 19.4 Å². The first-order valence-electron chi connectivity index (χ1n) is 7.11. The monoisotopic (exact) mass is 366 g/mol. The van der Waals surface area contributed by atoms with Crippen molar-refractivity contribution < 1.29 is 24.2 Å². The summed E-state index contributed by atoms with van der Waals surface area (Å²) in [6.45, 7) is 3.28. The third-order valence-corrected chi connectivity index (χ3v) is 4.39. The van der Waals surface area contributed by atoms with Crippen molar-refractivity contribution in [3.8, 4) is 11.5 Å². The Kier molecular flexibility index (Phi) is 5.84. The smallest absolute Gasteiger partial charge is 0.266 e. The maximum Gasteiger partial charge on any atom is 0.266 e. The van der Waals surface area contributed by atoms with E-state index in [1.165, 1.54) is 7.11 Å². The van der Waals surface area contributed by atoms with E-state index in [1.807, 2.05) is 13.8 Å². The van der Waals surface area contributed by atoms with Crippen LogP contribution in [0.5, 0.6) is 11.5 Å². The maximum absolute atomic E-state index is 12.2. The molecule has 1 aromatic rings. The standard InChI is InChI=1S/C16H17NO5S2/c1-9(2)22-11-5-4-10(6-12(11)21-3)7-13-15(20)17(8-14(18)19)16(23)24-13/h4-7,9H,8H2,1-3H3,(H,18,19)/p-1/b13-7-. The highest BCUT2D eigenvalue weighted by molar-refractivity contribution is 8.26. The van der Waals surface area contributed by atoms with Crippen molar-refractivity contribution in [1.82, 2.24) is 4.90 Å². The van der Waals surface area contributed by atoms with E-state index < -0.39 is 18.4 Å². The number of hydrogen-bond acceptors (Lipinski definition) is 7. The zero-order valence-corrected chi connectivity index (χ0v) is 15.0. The molecule has 1 aliphatic heterocycles. The molecule has 24 heavy (non-hydrogen) atoms. The summed E-state index contributed by atoms with van der Waals surface area (Å²) in [5.41, 5.74) is 0.719. The Morgan fingerprint density at radius 2 is 2.12 bits per heavy atom. The summed E-state index contributed by atoms with van der Waals surface area (Å²) < 4.78 is 11.1. The van der Waals surface area contributed by atoms with E-state index in [4.69, 9.17) is 21.7 Å². The molecule has 0 N–H and O–H groups in total. The second-order valence-electron chi connectivity index (χ2n) is 5.22. The second kappa shape index (κ2) is 7.67. The number of amides is 1. The van der Waals surface area contributed by atoms with Crippen molar-refractivity contribution in [2.24, 2.45) is 0 Å². The molecule has 1 saturated heterocycles. The van der Waals surface area contributed by atoms with Crippen LogP contribution in [0.25, 0.3) is 6.08 Å². The Hall–Kier alpha value is -2.06. The molecular weight excluding hydrogens is 350 g/mol. The molecule has 8 heteroatoms. The molecule has 0 aliphatic carbocycles. The number of ether oxygens (including phenoxy) is 2. The van der Waals surface area contributed by atoms with Crippen molar-refractivity contribution in [2.75, 3.05) is 13.7 Å². The SMILES string of the molecule is COc1cc(/C=C2\SC(=S)N(CC(=O)[O-])C2=O)ccc1OC(C)C. The number of carbonyl (C=O) groups is 2. The van der Waals surface area contributed by atoms with Crippen LogP contribution in [0.2, 0.25) is 0 Å². The van der Waals surface area contributed by atoms with Crippen LogP contribution in [0.15, 0.2) is 23.1 Å². The molecule has 2 rings (SSSR count). The number of rotatable bonds is 6. The van der Waals surface area contributed by atoms with Crippen LogP contribution in [0, 0.1) is 0 Å². The average molecular weight is 366 g/mol. The fourth-order valence-electron chi connectivity index (χ4n) is 2.04. The minimum Gasteiger partial charge on any atom is -0.548 e. The maximum atomic E-state index is 12.2. The highest BCUT2D eigenvalue weighted by Gasteiger charge is 2.31. The molecule has 128 valence electrons. The van der Waals surface area contributed by atoms with Crippen molar-refractivity contribution in [3.05, 3.63) is 28.7 Å². The fraction of sp³-hybridized carbons (Fsp3) is 0.312. The Balaban J connectivity index is 2.26. The van der Waals surface area contributed by atoms with Crippen LogP contribution in [0.4, 0.5) is 0 Å². The molecule has 1 amide bonds. The van der Waals surface area contributed by atoms with E-state index in [-0.39, 0.29) is 10.4 Å². The van der Waals surface area contributed by atoms with Gasteiger partial charge in [0.2, 0.25) is 0 Å². The Bertz CT molecular complexity index is 714. The molecule has 0 bridgehead atoms. The third kappa shape index (κ3) is 4.27. The molecule has 0 saturated carbocycles. The highest BCUT2D eigenvalue weighted by atomic mass is 32.2. The number of thioether (sulfide) groups is 1. The Morgan fingerprint density at radius 1 is 1.42 bits per heavy atom. The molecule has 0 spiro atoms. The summed E-state index contributed by atoms with van der Waals surface area (Å²) in [5, 5.41) is 10.7. The average Bonchev–Trinajstić information content (AvgIpc) is 2.75. The number of carboxylic acid groups (broad SMARTS) is 1. The van der Waals surface area contributed by atoms with Crippen molar-refractivity contribution in [3.63, 3.8) is 0 Å². The van der Waals surface area contributed by atoms with Gasteiger partial charge in [0.1, 0.15) is 4.32 Å². The lowest BCUT2D eigenvalue weighted by atomic mass is 10.2. The number of aliphatic carboxylic acids is 1. The van der Waals surface area contributed by atoms with Crippen LogP contribution in [-0.4, -0.2) is 40.9 Å². The van der Waals surface area contributed by atoms with E-state index in [2.05, 4.69) is 0 Å². The van der Waals surface area contributed by atoms with Crippen LogP contribution >= 0.6 is 24.0 Å². The van der Waals surface area contributed by atoms with E-state index >= 15 is 0 Å². The molecule has 6 nitrogen and oxygen atoms in total. The van der Waals surface area contributed by atoms with Gasteiger partial charge in [-0.25, -0.2) is 0 Å². The predicted octanol–water partition coefficient (Wildman–Crippen LogP) is 1.43. The summed E-state index contributed by atoms with van der Waals surface area (Å²) in [5.74, 6) is -0.656. The van der Waals surface area contributed by atoms with Gasteiger partial charge in [-0.2, -0.15) is 0 Å². The van der Waals surface area contributed by atoms with E-state index in [0.29, 0.717) is 16.4 Å². The lowest BCUT2D eigenvalue weighted by molar-refractivity contribution is -0.305. The largest absolute Gasteiger partial charge is 0.548 e. The highest BCUT2D eigenvalue weighted by Crippen LogP contribution is 2.34. The third-order valence-electron chi connectivity index (χ3n) is 3.01. The van der Waals surface area contributed by atoms with Gasteiger partial charge < -0.3 is 19.4 Å². The quantitative estimate of drug-likeness (QED) is 0.557. The summed E-state index contributed by atoms with van der Waals surface area (Å²) in [7, 11) is 1.53. The van der Waals surface area contributed by atoms with Gasteiger partial charge in [0.25, 0.3) is 5.91 Å². The molecule has 1 heterocycles. The van der Waals surface area contributed by atoms with Crippen LogP contribution in [0.3, 0.4) is 0 Å². The molecule has 0 unspecified atom stereocenters. The number of thiocarbonyl (C=S) groups is 1. The first-order valence-corrected chi connectivity index (χ1v) is 8.34.